The molecule has 0 aromatic rings. The second kappa shape index (κ2) is 6.39. The van der Waals surface area contributed by atoms with Gasteiger partial charge >= 0.3 is 0 Å². The minimum atomic E-state index is 0.261. The Labute approximate surface area is 105 Å². The number of nitrogens with one attached hydrogen (secondary N) is 2. The quantitative estimate of drug-likeness (QED) is 0.788. The van der Waals surface area contributed by atoms with Crippen LogP contribution in [0, 0.1) is 5.92 Å². The largest absolute Gasteiger partial charge is 0.355 e. The molecule has 2 aliphatic rings. The molecule has 2 unspecified atom stereocenters. The van der Waals surface area contributed by atoms with Gasteiger partial charge in [0.2, 0.25) is 5.91 Å². The molecular formula is C14H26N2O. The Balaban J connectivity index is 1.61. The lowest BCUT2D eigenvalue weighted by atomic mass is 9.99. The van der Waals surface area contributed by atoms with Crippen molar-refractivity contribution in [3.63, 3.8) is 0 Å². The maximum Gasteiger partial charge on any atom is 0.220 e. The Morgan fingerprint density at radius 2 is 1.94 bits per heavy atom. The SMILES string of the molecule is CC1CCCC(CNC(=O)CC2CCCC2)N1. The fourth-order valence-electron chi connectivity index (χ4n) is 3.19. The molecule has 1 aliphatic heterocycles. The zero-order valence-corrected chi connectivity index (χ0v) is 11.0. The van der Waals surface area contributed by atoms with Gasteiger partial charge in [0, 0.05) is 25.0 Å². The van der Waals surface area contributed by atoms with Gasteiger partial charge in [-0.05, 0) is 38.5 Å². The molecule has 2 N–H and O–H groups in total. The molecule has 2 fully saturated rings. The average Bonchev–Trinajstić information content (AvgIpc) is 2.79. The Kier molecular flexibility index (Phi) is 4.84. The summed E-state index contributed by atoms with van der Waals surface area (Å²) >= 11 is 0. The molecule has 0 bridgehead atoms. The van der Waals surface area contributed by atoms with Crippen molar-refractivity contribution in [2.24, 2.45) is 5.92 Å². The number of carbonyl (C=O) groups is 1. The lowest BCUT2D eigenvalue weighted by Crippen LogP contribution is -2.47. The van der Waals surface area contributed by atoms with E-state index < -0.39 is 0 Å². The van der Waals surface area contributed by atoms with Crippen LogP contribution in [0.3, 0.4) is 0 Å². The fourth-order valence-corrected chi connectivity index (χ4v) is 3.19. The normalized spacial score (nSPS) is 30.4. The molecular weight excluding hydrogens is 212 g/mol. The van der Waals surface area contributed by atoms with Gasteiger partial charge in [0.05, 0.1) is 0 Å². The summed E-state index contributed by atoms with van der Waals surface area (Å²) < 4.78 is 0. The van der Waals surface area contributed by atoms with E-state index in [9.17, 15) is 4.79 Å². The van der Waals surface area contributed by atoms with Crippen molar-refractivity contribution in [2.45, 2.75) is 70.4 Å². The van der Waals surface area contributed by atoms with Crippen LogP contribution in [0.15, 0.2) is 0 Å². The molecule has 1 amide bonds. The zero-order chi connectivity index (χ0) is 12.1. The first kappa shape index (κ1) is 12.9. The summed E-state index contributed by atoms with van der Waals surface area (Å²) in [5.41, 5.74) is 0. The van der Waals surface area contributed by atoms with Gasteiger partial charge in [-0.25, -0.2) is 0 Å². The third-order valence-electron chi connectivity index (χ3n) is 4.20. The number of amides is 1. The first-order chi connectivity index (χ1) is 8.24. The van der Waals surface area contributed by atoms with Gasteiger partial charge in [0.25, 0.3) is 0 Å². The van der Waals surface area contributed by atoms with Crippen LogP contribution < -0.4 is 10.6 Å². The first-order valence-corrected chi connectivity index (χ1v) is 7.27. The highest BCUT2D eigenvalue weighted by atomic mass is 16.1. The molecule has 98 valence electrons. The van der Waals surface area contributed by atoms with Crippen LogP contribution in [0.5, 0.6) is 0 Å². The van der Waals surface area contributed by atoms with Crippen LogP contribution >= 0.6 is 0 Å². The number of carbonyl (C=O) groups excluding carboxylic acids is 1. The Morgan fingerprint density at radius 1 is 1.18 bits per heavy atom. The van der Waals surface area contributed by atoms with Gasteiger partial charge in [-0.2, -0.15) is 0 Å². The van der Waals surface area contributed by atoms with Crippen LogP contribution in [0.4, 0.5) is 0 Å². The van der Waals surface area contributed by atoms with E-state index in [0.717, 1.165) is 13.0 Å². The highest BCUT2D eigenvalue weighted by molar-refractivity contribution is 5.76. The van der Waals surface area contributed by atoms with Crippen LogP contribution in [0.1, 0.15) is 58.3 Å². The molecule has 2 rings (SSSR count). The van der Waals surface area contributed by atoms with E-state index in [0.29, 0.717) is 18.0 Å². The number of hydrogen-bond acceptors (Lipinski definition) is 2. The highest BCUT2D eigenvalue weighted by Gasteiger charge is 2.20. The standard InChI is InChI=1S/C14H26N2O/c1-11-5-4-8-13(16-11)10-15-14(17)9-12-6-2-3-7-12/h11-13,16H,2-10H2,1H3,(H,15,17). The van der Waals surface area contributed by atoms with Crippen LogP contribution in [-0.4, -0.2) is 24.5 Å². The summed E-state index contributed by atoms with van der Waals surface area (Å²) in [7, 11) is 0. The highest BCUT2D eigenvalue weighted by Crippen LogP contribution is 2.27. The van der Waals surface area contributed by atoms with E-state index in [1.54, 1.807) is 0 Å². The molecule has 2 atom stereocenters. The molecule has 1 heterocycles. The maximum atomic E-state index is 11.8. The fraction of sp³-hybridized carbons (Fsp3) is 0.929. The van der Waals surface area contributed by atoms with Gasteiger partial charge in [-0.1, -0.05) is 19.3 Å². The van der Waals surface area contributed by atoms with Gasteiger partial charge in [0.15, 0.2) is 0 Å². The molecule has 0 aromatic heterocycles. The van der Waals surface area contributed by atoms with Gasteiger partial charge in [-0.3, -0.25) is 4.79 Å². The van der Waals surface area contributed by atoms with E-state index in [4.69, 9.17) is 0 Å². The molecule has 17 heavy (non-hydrogen) atoms. The molecule has 1 saturated carbocycles. The van der Waals surface area contributed by atoms with Crippen molar-refractivity contribution in [3.8, 4) is 0 Å². The second-order valence-corrected chi connectivity index (χ2v) is 5.85. The second-order valence-electron chi connectivity index (χ2n) is 5.85. The molecule has 1 aliphatic carbocycles. The predicted octanol–water partition coefficient (Wildman–Crippen LogP) is 2.21. The van der Waals surface area contributed by atoms with E-state index in [1.807, 2.05) is 0 Å². The lowest BCUT2D eigenvalue weighted by molar-refractivity contribution is -0.122. The van der Waals surface area contributed by atoms with E-state index >= 15 is 0 Å². The molecule has 0 spiro atoms. The van der Waals surface area contributed by atoms with Crippen LogP contribution in [0.25, 0.3) is 0 Å². The van der Waals surface area contributed by atoms with Crippen molar-refractivity contribution < 1.29 is 4.79 Å². The third kappa shape index (κ3) is 4.30. The summed E-state index contributed by atoms with van der Waals surface area (Å²) in [6.07, 6.45) is 9.66. The maximum absolute atomic E-state index is 11.8. The summed E-state index contributed by atoms with van der Waals surface area (Å²) in [6, 6.07) is 1.10. The smallest absolute Gasteiger partial charge is 0.220 e. The molecule has 3 nitrogen and oxygen atoms in total. The molecule has 0 radical (unpaired) electrons. The molecule has 1 saturated heterocycles. The topological polar surface area (TPSA) is 41.1 Å². The Morgan fingerprint density at radius 3 is 2.65 bits per heavy atom. The third-order valence-corrected chi connectivity index (χ3v) is 4.20. The monoisotopic (exact) mass is 238 g/mol. The lowest BCUT2D eigenvalue weighted by Gasteiger charge is -2.29. The summed E-state index contributed by atoms with van der Waals surface area (Å²) in [6.45, 7) is 3.04. The minimum Gasteiger partial charge on any atom is -0.355 e. The van der Waals surface area contributed by atoms with E-state index in [1.165, 1.54) is 44.9 Å². The number of piperidine rings is 1. The van der Waals surface area contributed by atoms with Crippen LogP contribution in [0.2, 0.25) is 0 Å². The van der Waals surface area contributed by atoms with Crippen molar-refractivity contribution in [1.82, 2.24) is 10.6 Å². The van der Waals surface area contributed by atoms with E-state index in [-0.39, 0.29) is 5.91 Å². The predicted molar refractivity (Wildman–Crippen MR) is 69.8 cm³/mol. The Hall–Kier alpha value is -0.570. The summed E-state index contributed by atoms with van der Waals surface area (Å²) in [5.74, 6) is 0.921. The van der Waals surface area contributed by atoms with Gasteiger partial charge < -0.3 is 10.6 Å². The number of rotatable bonds is 4. The van der Waals surface area contributed by atoms with Crippen molar-refractivity contribution >= 4 is 5.91 Å². The number of hydrogen-bond donors (Lipinski definition) is 2. The molecule has 3 heteroatoms. The minimum absolute atomic E-state index is 0.261. The van der Waals surface area contributed by atoms with Gasteiger partial charge in [0.1, 0.15) is 0 Å². The average molecular weight is 238 g/mol. The Bertz CT molecular complexity index is 249. The van der Waals surface area contributed by atoms with Crippen molar-refractivity contribution in [2.75, 3.05) is 6.54 Å². The summed E-state index contributed by atoms with van der Waals surface area (Å²) in [4.78, 5) is 11.8. The van der Waals surface area contributed by atoms with Gasteiger partial charge in [-0.15, -0.1) is 0 Å². The van der Waals surface area contributed by atoms with E-state index in [2.05, 4.69) is 17.6 Å². The van der Waals surface area contributed by atoms with Crippen molar-refractivity contribution in [1.29, 1.82) is 0 Å². The van der Waals surface area contributed by atoms with Crippen LogP contribution in [-0.2, 0) is 4.79 Å². The van der Waals surface area contributed by atoms with Crippen molar-refractivity contribution in [3.05, 3.63) is 0 Å². The zero-order valence-electron chi connectivity index (χ0n) is 11.0. The first-order valence-electron chi connectivity index (χ1n) is 7.27. The molecule has 0 aromatic carbocycles. The summed E-state index contributed by atoms with van der Waals surface area (Å²) in [5, 5.41) is 6.65.